The molecule has 1 heterocycles. The van der Waals surface area contributed by atoms with Gasteiger partial charge in [0.15, 0.2) is 0 Å². The van der Waals surface area contributed by atoms with Gasteiger partial charge in [-0.2, -0.15) is 0 Å². The van der Waals surface area contributed by atoms with Crippen LogP contribution in [-0.4, -0.2) is 42.6 Å². The number of nitrogens with zero attached hydrogens (tertiary/aromatic N) is 2. The number of rotatable bonds is 8. The molecule has 1 N–H and O–H groups in total. The van der Waals surface area contributed by atoms with E-state index in [-0.39, 0.29) is 0 Å². The minimum Gasteiger partial charge on any atom is -0.315 e. The molecule has 1 rings (SSSR count). The standard InChI is InChI=1S/C13H23N3/c1-3-16(4-2)12-11-14-10-8-13-7-5-6-9-15-13/h5-7,9,14H,3-4,8,10-12H2,1-2H3. The molecule has 0 atom stereocenters. The van der Waals surface area contributed by atoms with E-state index in [1.165, 1.54) is 0 Å². The smallest absolute Gasteiger partial charge is 0.0416 e. The van der Waals surface area contributed by atoms with E-state index in [2.05, 4.69) is 35.1 Å². The van der Waals surface area contributed by atoms with E-state index < -0.39 is 0 Å². The summed E-state index contributed by atoms with van der Waals surface area (Å²) in [6.07, 6.45) is 2.87. The molecular weight excluding hydrogens is 198 g/mol. The summed E-state index contributed by atoms with van der Waals surface area (Å²) in [5.41, 5.74) is 1.16. The lowest BCUT2D eigenvalue weighted by Gasteiger charge is -2.17. The molecule has 0 fully saturated rings. The molecule has 0 saturated carbocycles. The van der Waals surface area contributed by atoms with Crippen LogP contribution >= 0.6 is 0 Å². The Morgan fingerprint density at radius 2 is 2.00 bits per heavy atom. The van der Waals surface area contributed by atoms with E-state index in [4.69, 9.17) is 0 Å². The van der Waals surface area contributed by atoms with Crippen molar-refractivity contribution in [2.24, 2.45) is 0 Å². The fraction of sp³-hybridized carbons (Fsp3) is 0.615. The first-order valence-corrected chi connectivity index (χ1v) is 6.19. The molecule has 0 amide bonds. The van der Waals surface area contributed by atoms with Crippen LogP contribution in [0, 0.1) is 0 Å². The van der Waals surface area contributed by atoms with Gasteiger partial charge < -0.3 is 10.2 Å². The molecule has 0 bridgehead atoms. The highest BCUT2D eigenvalue weighted by atomic mass is 15.1. The highest BCUT2D eigenvalue weighted by Gasteiger charge is 1.97. The fourth-order valence-corrected chi connectivity index (χ4v) is 1.66. The van der Waals surface area contributed by atoms with E-state index in [1.54, 1.807) is 0 Å². The van der Waals surface area contributed by atoms with Crippen molar-refractivity contribution in [1.82, 2.24) is 15.2 Å². The lowest BCUT2D eigenvalue weighted by molar-refractivity contribution is 0.303. The number of nitrogens with one attached hydrogen (secondary N) is 1. The largest absolute Gasteiger partial charge is 0.315 e. The van der Waals surface area contributed by atoms with Crippen LogP contribution in [0.4, 0.5) is 0 Å². The third-order valence-corrected chi connectivity index (χ3v) is 2.78. The van der Waals surface area contributed by atoms with Crippen LogP contribution in [0.25, 0.3) is 0 Å². The summed E-state index contributed by atoms with van der Waals surface area (Å²) in [5.74, 6) is 0. The van der Waals surface area contributed by atoms with E-state index in [0.717, 1.165) is 44.8 Å². The monoisotopic (exact) mass is 221 g/mol. The first kappa shape index (κ1) is 13.1. The zero-order valence-corrected chi connectivity index (χ0v) is 10.4. The van der Waals surface area contributed by atoms with Crippen LogP contribution in [0.2, 0.25) is 0 Å². The maximum atomic E-state index is 4.29. The van der Waals surface area contributed by atoms with Crippen molar-refractivity contribution < 1.29 is 0 Å². The number of likely N-dealkylation sites (N-methyl/N-ethyl adjacent to an activating group) is 1. The van der Waals surface area contributed by atoms with Crippen molar-refractivity contribution in [3.63, 3.8) is 0 Å². The third kappa shape index (κ3) is 5.24. The lowest BCUT2D eigenvalue weighted by Crippen LogP contribution is -2.32. The zero-order valence-electron chi connectivity index (χ0n) is 10.4. The molecule has 0 aliphatic rings. The molecule has 3 nitrogen and oxygen atoms in total. The van der Waals surface area contributed by atoms with Crippen LogP contribution in [0.3, 0.4) is 0 Å². The average molecular weight is 221 g/mol. The van der Waals surface area contributed by atoms with Crippen molar-refractivity contribution in [2.75, 3.05) is 32.7 Å². The Morgan fingerprint density at radius 1 is 1.19 bits per heavy atom. The Bertz CT molecular complexity index is 257. The van der Waals surface area contributed by atoms with Gasteiger partial charge in [-0.15, -0.1) is 0 Å². The summed E-state index contributed by atoms with van der Waals surface area (Å²) in [6, 6.07) is 6.07. The highest BCUT2D eigenvalue weighted by molar-refractivity contribution is 5.03. The second-order valence-corrected chi connectivity index (χ2v) is 3.85. The number of hydrogen-bond acceptors (Lipinski definition) is 3. The first-order valence-electron chi connectivity index (χ1n) is 6.19. The van der Waals surface area contributed by atoms with Crippen LogP contribution in [-0.2, 0) is 6.42 Å². The second-order valence-electron chi connectivity index (χ2n) is 3.85. The van der Waals surface area contributed by atoms with E-state index in [0.29, 0.717) is 0 Å². The molecule has 0 saturated heterocycles. The molecule has 1 aromatic rings. The van der Waals surface area contributed by atoms with Gasteiger partial charge in [0, 0.05) is 37.9 Å². The molecule has 0 spiro atoms. The Hall–Kier alpha value is -0.930. The zero-order chi connectivity index (χ0) is 11.6. The third-order valence-electron chi connectivity index (χ3n) is 2.78. The van der Waals surface area contributed by atoms with Gasteiger partial charge in [0.05, 0.1) is 0 Å². The maximum absolute atomic E-state index is 4.29. The maximum Gasteiger partial charge on any atom is 0.0416 e. The van der Waals surface area contributed by atoms with E-state index in [1.807, 2.05) is 18.3 Å². The van der Waals surface area contributed by atoms with Crippen LogP contribution in [0.15, 0.2) is 24.4 Å². The topological polar surface area (TPSA) is 28.2 Å². The Morgan fingerprint density at radius 3 is 2.62 bits per heavy atom. The number of hydrogen-bond donors (Lipinski definition) is 1. The van der Waals surface area contributed by atoms with Gasteiger partial charge in [-0.05, 0) is 25.2 Å². The van der Waals surface area contributed by atoms with Crippen LogP contribution in [0.1, 0.15) is 19.5 Å². The summed E-state index contributed by atoms with van der Waals surface area (Å²) in [5, 5.41) is 3.45. The molecule has 1 aromatic heterocycles. The van der Waals surface area contributed by atoms with Crippen LogP contribution in [0.5, 0.6) is 0 Å². The van der Waals surface area contributed by atoms with Gasteiger partial charge in [-0.1, -0.05) is 19.9 Å². The van der Waals surface area contributed by atoms with Gasteiger partial charge in [0.1, 0.15) is 0 Å². The lowest BCUT2D eigenvalue weighted by atomic mass is 10.3. The molecule has 0 unspecified atom stereocenters. The summed E-state index contributed by atoms with van der Waals surface area (Å²) in [4.78, 5) is 6.72. The SMILES string of the molecule is CCN(CC)CCNCCc1ccccn1. The molecule has 0 aliphatic heterocycles. The molecule has 0 aliphatic carbocycles. The summed E-state index contributed by atoms with van der Waals surface area (Å²) < 4.78 is 0. The summed E-state index contributed by atoms with van der Waals surface area (Å²) >= 11 is 0. The summed E-state index contributed by atoms with van der Waals surface area (Å²) in [7, 11) is 0. The van der Waals surface area contributed by atoms with Crippen LogP contribution < -0.4 is 5.32 Å². The second kappa shape index (κ2) is 8.25. The minimum atomic E-state index is 1.01. The molecule has 16 heavy (non-hydrogen) atoms. The molecule has 0 radical (unpaired) electrons. The predicted molar refractivity (Wildman–Crippen MR) is 68.6 cm³/mol. The first-order chi connectivity index (χ1) is 7.86. The van der Waals surface area contributed by atoms with Gasteiger partial charge in [0.2, 0.25) is 0 Å². The molecular formula is C13H23N3. The van der Waals surface area contributed by atoms with Gasteiger partial charge >= 0.3 is 0 Å². The van der Waals surface area contributed by atoms with Crippen molar-refractivity contribution in [2.45, 2.75) is 20.3 Å². The minimum absolute atomic E-state index is 1.01. The predicted octanol–water partition coefficient (Wildman–Crippen LogP) is 1.56. The van der Waals surface area contributed by atoms with Gasteiger partial charge in [-0.25, -0.2) is 0 Å². The van der Waals surface area contributed by atoms with Crippen molar-refractivity contribution in [1.29, 1.82) is 0 Å². The van der Waals surface area contributed by atoms with E-state index in [9.17, 15) is 0 Å². The Kier molecular flexibility index (Phi) is 6.77. The number of pyridine rings is 1. The molecule has 3 heteroatoms. The molecule has 0 aromatic carbocycles. The fourth-order valence-electron chi connectivity index (χ4n) is 1.66. The van der Waals surface area contributed by atoms with E-state index >= 15 is 0 Å². The van der Waals surface area contributed by atoms with Gasteiger partial charge in [-0.3, -0.25) is 4.98 Å². The van der Waals surface area contributed by atoms with Crippen molar-refractivity contribution in [3.05, 3.63) is 30.1 Å². The van der Waals surface area contributed by atoms with Crippen molar-refractivity contribution in [3.8, 4) is 0 Å². The average Bonchev–Trinajstić information content (AvgIpc) is 2.35. The Balaban J connectivity index is 2.04. The Labute approximate surface area is 98.9 Å². The highest BCUT2D eigenvalue weighted by Crippen LogP contribution is 1.93. The quantitative estimate of drug-likeness (QED) is 0.675. The van der Waals surface area contributed by atoms with Gasteiger partial charge in [0.25, 0.3) is 0 Å². The normalized spacial score (nSPS) is 10.9. The van der Waals surface area contributed by atoms with Crippen molar-refractivity contribution >= 4 is 0 Å². The molecule has 90 valence electrons. The number of aromatic nitrogens is 1. The summed E-state index contributed by atoms with van der Waals surface area (Å²) in [6.45, 7) is 9.90.